The van der Waals surface area contributed by atoms with Crippen molar-refractivity contribution in [1.82, 2.24) is 20.2 Å². The number of pyridine rings is 1. The number of allylic oxidation sites excluding steroid dienone is 5. The summed E-state index contributed by atoms with van der Waals surface area (Å²) in [6.07, 6.45) is 14.7. The molecule has 5 rings (SSSR count). The molecule has 0 radical (unpaired) electrons. The number of nitrogen functional groups attached to an aromatic ring is 1. The SMILES string of the molecule is CN1CCC(Sc2cc(C(=O)NC3=CC4CC(c5cnc(N)s5)=CC=C4C=N3)ccn2)CC1. The van der Waals surface area contributed by atoms with Crippen molar-refractivity contribution in [3.63, 3.8) is 0 Å². The minimum absolute atomic E-state index is 0.161. The van der Waals surface area contributed by atoms with Gasteiger partial charge in [0.1, 0.15) is 5.82 Å². The lowest BCUT2D eigenvalue weighted by Crippen LogP contribution is -2.31. The molecule has 4 heterocycles. The molecule has 0 bridgehead atoms. The van der Waals surface area contributed by atoms with Crippen LogP contribution < -0.4 is 11.1 Å². The lowest BCUT2D eigenvalue weighted by atomic mass is 9.86. The Kier molecular flexibility index (Phi) is 6.43. The van der Waals surface area contributed by atoms with E-state index < -0.39 is 0 Å². The van der Waals surface area contributed by atoms with Crippen LogP contribution in [0.3, 0.4) is 0 Å². The van der Waals surface area contributed by atoms with E-state index in [1.807, 2.05) is 24.6 Å². The highest BCUT2D eigenvalue weighted by atomic mass is 32.2. The molecule has 0 saturated carbocycles. The van der Waals surface area contributed by atoms with Gasteiger partial charge in [-0.1, -0.05) is 23.5 Å². The molecule has 1 aliphatic carbocycles. The maximum atomic E-state index is 12.9. The second-order valence-corrected chi connectivity index (χ2v) is 10.9. The summed E-state index contributed by atoms with van der Waals surface area (Å²) in [6.45, 7) is 2.21. The first-order valence-electron chi connectivity index (χ1n) is 11.0. The number of thioether (sulfide) groups is 1. The van der Waals surface area contributed by atoms with Crippen LogP contribution in [-0.2, 0) is 0 Å². The van der Waals surface area contributed by atoms with Crippen LogP contribution in [0.2, 0.25) is 0 Å². The number of rotatable bonds is 5. The molecule has 1 atom stereocenters. The fourth-order valence-electron chi connectivity index (χ4n) is 4.18. The fourth-order valence-corrected chi connectivity index (χ4v) is 6.01. The van der Waals surface area contributed by atoms with Crippen LogP contribution in [0.25, 0.3) is 5.57 Å². The molecule has 1 unspecified atom stereocenters. The Morgan fingerprint density at radius 1 is 1.27 bits per heavy atom. The third kappa shape index (κ3) is 5.26. The molecule has 1 saturated heterocycles. The first-order chi connectivity index (χ1) is 16.0. The number of nitrogens with zero attached hydrogens (tertiary/aromatic N) is 4. The van der Waals surface area contributed by atoms with E-state index in [-0.39, 0.29) is 11.8 Å². The largest absolute Gasteiger partial charge is 0.375 e. The van der Waals surface area contributed by atoms with Gasteiger partial charge in [0.05, 0.1) is 9.90 Å². The third-order valence-electron chi connectivity index (χ3n) is 6.09. The van der Waals surface area contributed by atoms with E-state index in [0.717, 1.165) is 47.8 Å². The van der Waals surface area contributed by atoms with Crippen molar-refractivity contribution in [1.29, 1.82) is 0 Å². The van der Waals surface area contributed by atoms with Crippen molar-refractivity contribution in [3.05, 3.63) is 64.6 Å². The Bertz CT molecular complexity index is 1170. The number of aromatic nitrogens is 2. The maximum Gasteiger partial charge on any atom is 0.256 e. The summed E-state index contributed by atoms with van der Waals surface area (Å²) in [5, 5.41) is 4.98. The number of hydrogen-bond acceptors (Lipinski definition) is 8. The van der Waals surface area contributed by atoms with Crippen LogP contribution >= 0.6 is 23.1 Å². The van der Waals surface area contributed by atoms with Crippen molar-refractivity contribution in [3.8, 4) is 0 Å². The van der Waals surface area contributed by atoms with Gasteiger partial charge in [-0.05, 0) is 68.8 Å². The molecule has 1 amide bonds. The summed E-state index contributed by atoms with van der Waals surface area (Å²) in [7, 11) is 2.16. The van der Waals surface area contributed by atoms with Crippen molar-refractivity contribution in [2.45, 2.75) is 29.5 Å². The molecule has 3 aliphatic rings. The number of fused-ring (bicyclic) bond motifs is 1. The molecule has 33 heavy (non-hydrogen) atoms. The topological polar surface area (TPSA) is 96.5 Å². The van der Waals surface area contributed by atoms with E-state index in [9.17, 15) is 4.79 Å². The summed E-state index contributed by atoms with van der Waals surface area (Å²) < 4.78 is 0. The highest BCUT2D eigenvalue weighted by Gasteiger charge is 2.23. The number of piperidine rings is 1. The van der Waals surface area contributed by atoms with Crippen LogP contribution in [0.1, 0.15) is 34.5 Å². The normalized spacial score (nSPS) is 21.1. The molecule has 0 aromatic carbocycles. The Morgan fingerprint density at radius 3 is 2.91 bits per heavy atom. The van der Waals surface area contributed by atoms with Gasteiger partial charge in [-0.15, -0.1) is 11.8 Å². The maximum absolute atomic E-state index is 12.9. The lowest BCUT2D eigenvalue weighted by molar-refractivity contribution is 0.0965. The summed E-state index contributed by atoms with van der Waals surface area (Å²) in [5.41, 5.74) is 8.72. The number of nitrogens with one attached hydrogen (secondary N) is 1. The van der Waals surface area contributed by atoms with E-state index in [1.54, 1.807) is 24.0 Å². The van der Waals surface area contributed by atoms with Crippen molar-refractivity contribution < 1.29 is 4.79 Å². The van der Waals surface area contributed by atoms with E-state index in [0.29, 0.717) is 21.8 Å². The van der Waals surface area contributed by atoms with Crippen molar-refractivity contribution in [2.24, 2.45) is 10.9 Å². The van der Waals surface area contributed by atoms with Crippen LogP contribution in [-0.4, -0.2) is 52.4 Å². The number of carbonyl (C=O) groups excluding carboxylic acids is 1. The van der Waals surface area contributed by atoms with Crippen LogP contribution in [0, 0.1) is 5.92 Å². The van der Waals surface area contributed by atoms with Crippen molar-refractivity contribution >= 4 is 45.9 Å². The Balaban J connectivity index is 1.23. The quantitative estimate of drug-likeness (QED) is 0.675. The molecule has 170 valence electrons. The van der Waals surface area contributed by atoms with E-state index in [2.05, 4.69) is 44.4 Å². The summed E-state index contributed by atoms with van der Waals surface area (Å²) in [5.74, 6) is 0.572. The number of thiazole rings is 1. The zero-order valence-corrected chi connectivity index (χ0v) is 20.0. The standard InChI is InChI=1S/C24H26N6OS2/c1-30-8-5-19(6-9-30)32-22-12-16(4-7-26-22)23(31)29-21-11-18-10-15(2-3-17(18)13-27-21)20-14-28-24(25)33-20/h2-4,7,11-14,18-19H,5-6,8-10H2,1H3,(H2,25,28)(H,29,31). The Hall–Kier alpha value is -2.75. The number of anilines is 1. The van der Waals surface area contributed by atoms with Gasteiger partial charge in [0, 0.05) is 35.3 Å². The van der Waals surface area contributed by atoms with Crippen molar-refractivity contribution in [2.75, 3.05) is 25.9 Å². The number of aliphatic imine (C=N–C) groups is 1. The average molecular weight is 479 g/mol. The summed E-state index contributed by atoms with van der Waals surface area (Å²) in [6, 6.07) is 3.63. The highest BCUT2D eigenvalue weighted by Crippen LogP contribution is 2.36. The van der Waals surface area contributed by atoms with Crippen LogP contribution in [0.4, 0.5) is 5.13 Å². The van der Waals surface area contributed by atoms with Crippen LogP contribution in [0.5, 0.6) is 0 Å². The first kappa shape index (κ1) is 22.1. The molecule has 0 spiro atoms. The fraction of sp³-hybridized carbons (Fsp3) is 0.333. The van der Waals surface area contributed by atoms with Gasteiger partial charge in [-0.3, -0.25) is 4.79 Å². The predicted molar refractivity (Wildman–Crippen MR) is 135 cm³/mol. The molecule has 2 aromatic rings. The van der Waals surface area contributed by atoms with Gasteiger partial charge < -0.3 is 16.0 Å². The molecule has 2 aromatic heterocycles. The smallest absolute Gasteiger partial charge is 0.256 e. The Labute approximate surface area is 201 Å². The lowest BCUT2D eigenvalue weighted by Gasteiger charge is -2.28. The van der Waals surface area contributed by atoms with E-state index in [4.69, 9.17) is 5.73 Å². The van der Waals surface area contributed by atoms with Gasteiger partial charge in [0.2, 0.25) is 0 Å². The second kappa shape index (κ2) is 9.62. The monoisotopic (exact) mass is 478 g/mol. The zero-order chi connectivity index (χ0) is 22.8. The third-order valence-corrected chi connectivity index (χ3v) is 8.26. The van der Waals surface area contributed by atoms with Gasteiger partial charge in [-0.2, -0.15) is 0 Å². The minimum atomic E-state index is -0.166. The van der Waals surface area contributed by atoms with Crippen LogP contribution in [0.15, 0.2) is 64.2 Å². The molecule has 3 N–H and O–H groups in total. The molecular formula is C24H26N6OS2. The number of nitrogens with two attached hydrogens (primary N) is 1. The number of carbonyl (C=O) groups is 1. The highest BCUT2D eigenvalue weighted by molar-refractivity contribution is 7.99. The number of hydrogen-bond donors (Lipinski definition) is 2. The molecule has 2 aliphatic heterocycles. The predicted octanol–water partition coefficient (Wildman–Crippen LogP) is 3.99. The number of likely N-dealkylation sites (tertiary alicyclic amines) is 1. The van der Waals surface area contributed by atoms with Gasteiger partial charge in [0.25, 0.3) is 5.91 Å². The van der Waals surface area contributed by atoms with E-state index in [1.165, 1.54) is 16.9 Å². The first-order valence-corrected chi connectivity index (χ1v) is 12.7. The summed E-state index contributed by atoms with van der Waals surface area (Å²) >= 11 is 3.26. The molecular weight excluding hydrogens is 452 g/mol. The average Bonchev–Trinajstić information content (AvgIpc) is 3.26. The molecule has 1 fully saturated rings. The molecule has 9 heteroatoms. The van der Waals surface area contributed by atoms with Gasteiger partial charge in [-0.25, -0.2) is 15.0 Å². The number of amides is 1. The minimum Gasteiger partial charge on any atom is -0.375 e. The van der Waals surface area contributed by atoms with Gasteiger partial charge in [0.15, 0.2) is 5.13 Å². The zero-order valence-electron chi connectivity index (χ0n) is 18.4. The molecule has 7 nitrogen and oxygen atoms in total. The second-order valence-electron chi connectivity index (χ2n) is 8.50. The van der Waals surface area contributed by atoms with E-state index >= 15 is 0 Å². The van der Waals surface area contributed by atoms with Gasteiger partial charge >= 0.3 is 0 Å². The Morgan fingerprint density at radius 2 is 2.12 bits per heavy atom. The summed E-state index contributed by atoms with van der Waals surface area (Å²) in [4.78, 5) is 29.5.